The molecule has 0 amide bonds. The molecule has 2 aromatic carbocycles. The highest BCUT2D eigenvalue weighted by molar-refractivity contribution is 9.10. The van der Waals surface area contributed by atoms with Gasteiger partial charge < -0.3 is 14.8 Å². The number of hydrogen-bond acceptors (Lipinski definition) is 5. The molecule has 34 heavy (non-hydrogen) atoms. The van der Waals surface area contributed by atoms with Crippen LogP contribution in [-0.4, -0.2) is 24.4 Å². The third kappa shape index (κ3) is 7.51. The largest absolute Gasteiger partial charge is 0.489 e. The molecular weight excluding hydrogens is 516 g/mol. The maximum absolute atomic E-state index is 14.0. The molecule has 0 saturated carbocycles. The van der Waals surface area contributed by atoms with E-state index in [1.54, 1.807) is 31.4 Å². The molecule has 1 heterocycles. The minimum absolute atomic E-state index is 0.127. The van der Waals surface area contributed by atoms with Crippen molar-refractivity contribution in [2.45, 2.75) is 33.4 Å². The Morgan fingerprint density at radius 1 is 1.18 bits per heavy atom. The fraction of sp³-hybridized carbons (Fsp3) is 0.308. The van der Waals surface area contributed by atoms with Crippen molar-refractivity contribution >= 4 is 42.0 Å². The first-order valence-electron chi connectivity index (χ1n) is 11.1. The van der Waals surface area contributed by atoms with Crippen LogP contribution in [0, 0.1) is 11.7 Å². The van der Waals surface area contributed by atoms with Crippen LogP contribution in [0.15, 0.2) is 64.2 Å². The SMILES string of the molecule is CCC(C)C(COc1cc(CNc2ncc(Br)cc2P)cc(OCc2ccccc2F)c1)=NC. The third-order valence-electron chi connectivity index (χ3n) is 5.49. The Morgan fingerprint density at radius 3 is 2.59 bits per heavy atom. The predicted molar refractivity (Wildman–Crippen MR) is 144 cm³/mol. The first-order valence-corrected chi connectivity index (χ1v) is 12.5. The molecular formula is C26H30BrFN3O2P. The van der Waals surface area contributed by atoms with Crippen LogP contribution < -0.4 is 20.1 Å². The van der Waals surface area contributed by atoms with Crippen molar-refractivity contribution in [3.05, 3.63) is 76.1 Å². The van der Waals surface area contributed by atoms with Crippen LogP contribution in [0.2, 0.25) is 0 Å². The lowest BCUT2D eigenvalue weighted by molar-refractivity contribution is 0.296. The quantitative estimate of drug-likeness (QED) is 0.231. The van der Waals surface area contributed by atoms with Gasteiger partial charge in [-0.05, 0) is 58.1 Å². The second-order valence-electron chi connectivity index (χ2n) is 7.95. The number of ether oxygens (including phenoxy) is 2. The first-order chi connectivity index (χ1) is 16.4. The second-order valence-corrected chi connectivity index (χ2v) is 9.49. The lowest BCUT2D eigenvalue weighted by Gasteiger charge is -2.16. The Kier molecular flexibility index (Phi) is 9.85. The Hall–Kier alpha value is -2.50. The maximum atomic E-state index is 14.0. The van der Waals surface area contributed by atoms with Crippen molar-refractivity contribution in [2.75, 3.05) is 19.0 Å². The molecule has 0 saturated heterocycles. The average Bonchev–Trinajstić information content (AvgIpc) is 2.83. The van der Waals surface area contributed by atoms with E-state index >= 15 is 0 Å². The Labute approximate surface area is 211 Å². The van der Waals surface area contributed by atoms with Crippen LogP contribution in [0.1, 0.15) is 31.4 Å². The van der Waals surface area contributed by atoms with E-state index in [1.807, 2.05) is 24.3 Å². The lowest BCUT2D eigenvalue weighted by atomic mass is 10.0. The third-order valence-corrected chi connectivity index (χ3v) is 6.36. The molecule has 0 radical (unpaired) electrons. The van der Waals surface area contributed by atoms with Gasteiger partial charge in [-0.1, -0.05) is 32.0 Å². The zero-order valence-electron chi connectivity index (χ0n) is 19.6. The highest BCUT2D eigenvalue weighted by Gasteiger charge is 2.11. The molecule has 0 aliphatic carbocycles. The van der Waals surface area contributed by atoms with Gasteiger partial charge in [-0.3, -0.25) is 4.99 Å². The van der Waals surface area contributed by atoms with Gasteiger partial charge in [0.1, 0.15) is 36.3 Å². The molecule has 1 N–H and O–H groups in total. The number of aromatic nitrogens is 1. The minimum atomic E-state index is -0.288. The van der Waals surface area contributed by atoms with E-state index in [2.05, 4.69) is 54.3 Å². The number of nitrogens with zero attached hydrogens (tertiary/aromatic N) is 2. The average molecular weight is 546 g/mol. The molecule has 0 spiro atoms. The van der Waals surface area contributed by atoms with Crippen LogP contribution in [0.4, 0.5) is 10.2 Å². The molecule has 0 aliphatic heterocycles. The van der Waals surface area contributed by atoms with Gasteiger partial charge in [0.05, 0.1) is 5.71 Å². The zero-order valence-corrected chi connectivity index (χ0v) is 22.4. The van der Waals surface area contributed by atoms with Crippen LogP contribution >= 0.6 is 25.2 Å². The van der Waals surface area contributed by atoms with Crippen LogP contribution in [0.25, 0.3) is 0 Å². The normalized spacial score (nSPS) is 12.4. The van der Waals surface area contributed by atoms with E-state index in [0.29, 0.717) is 36.1 Å². The van der Waals surface area contributed by atoms with Gasteiger partial charge in [-0.2, -0.15) is 0 Å². The molecule has 180 valence electrons. The summed E-state index contributed by atoms with van der Waals surface area (Å²) in [7, 11) is 4.47. The van der Waals surface area contributed by atoms with Crippen LogP contribution in [0.5, 0.6) is 11.5 Å². The Bertz CT molecular complexity index is 1140. The maximum Gasteiger partial charge on any atom is 0.133 e. The van der Waals surface area contributed by atoms with Gasteiger partial charge in [0.2, 0.25) is 0 Å². The summed E-state index contributed by atoms with van der Waals surface area (Å²) in [5, 5.41) is 4.30. The number of hydrogen-bond donors (Lipinski definition) is 1. The van der Waals surface area contributed by atoms with Gasteiger partial charge in [0.25, 0.3) is 0 Å². The zero-order chi connectivity index (χ0) is 24.5. The Morgan fingerprint density at radius 2 is 1.91 bits per heavy atom. The van der Waals surface area contributed by atoms with Gasteiger partial charge in [0, 0.05) is 41.2 Å². The number of pyridine rings is 1. The molecule has 3 aromatic rings. The van der Waals surface area contributed by atoms with E-state index in [1.165, 1.54) is 6.07 Å². The monoisotopic (exact) mass is 545 g/mol. The van der Waals surface area contributed by atoms with Crippen LogP contribution in [0.3, 0.4) is 0 Å². The summed E-state index contributed by atoms with van der Waals surface area (Å²) in [5.41, 5.74) is 2.46. The highest BCUT2D eigenvalue weighted by atomic mass is 79.9. The van der Waals surface area contributed by atoms with E-state index in [9.17, 15) is 4.39 Å². The van der Waals surface area contributed by atoms with Gasteiger partial charge >= 0.3 is 0 Å². The van der Waals surface area contributed by atoms with Gasteiger partial charge in [-0.25, -0.2) is 9.37 Å². The van der Waals surface area contributed by atoms with Crippen molar-refractivity contribution < 1.29 is 13.9 Å². The molecule has 5 nitrogen and oxygen atoms in total. The molecule has 1 aromatic heterocycles. The minimum Gasteiger partial charge on any atom is -0.489 e. The number of aliphatic imine (C=N–C) groups is 1. The van der Waals surface area contributed by atoms with Crippen molar-refractivity contribution in [1.29, 1.82) is 0 Å². The van der Waals surface area contributed by atoms with E-state index in [4.69, 9.17) is 9.47 Å². The Balaban J connectivity index is 1.79. The molecule has 3 rings (SSSR count). The van der Waals surface area contributed by atoms with E-state index in [-0.39, 0.29) is 12.4 Å². The first kappa shape index (κ1) is 26.1. The number of benzene rings is 2. The smallest absolute Gasteiger partial charge is 0.133 e. The van der Waals surface area contributed by atoms with Gasteiger partial charge in [0.15, 0.2) is 0 Å². The summed E-state index contributed by atoms with van der Waals surface area (Å²) in [6.45, 7) is 5.32. The second kappa shape index (κ2) is 12.8. The van der Waals surface area contributed by atoms with Gasteiger partial charge in [-0.15, -0.1) is 9.24 Å². The van der Waals surface area contributed by atoms with Crippen LogP contribution in [-0.2, 0) is 13.2 Å². The number of rotatable bonds is 11. The molecule has 0 aliphatic rings. The summed E-state index contributed by atoms with van der Waals surface area (Å²) in [6.07, 6.45) is 2.74. The molecule has 0 bridgehead atoms. The summed E-state index contributed by atoms with van der Waals surface area (Å²) in [5.74, 6) is 2.10. The molecule has 8 heteroatoms. The standard InChI is InChI=1S/C26H30BrFN3O2P/c1-4-17(2)24(29-3)16-33-22-10-18(13-30-26-25(34)11-20(27)14-31-26)9-21(12-22)32-15-19-7-5-6-8-23(19)28/h5-12,14,17H,4,13,15-16,34H2,1-3H3,(H,30,31). The van der Waals surface area contributed by atoms with Crippen molar-refractivity contribution in [2.24, 2.45) is 10.9 Å². The summed E-state index contributed by atoms with van der Waals surface area (Å²) >= 11 is 3.43. The lowest BCUT2D eigenvalue weighted by Crippen LogP contribution is -2.19. The van der Waals surface area contributed by atoms with Crippen molar-refractivity contribution in [1.82, 2.24) is 4.98 Å². The fourth-order valence-electron chi connectivity index (χ4n) is 3.28. The topological polar surface area (TPSA) is 55.7 Å². The summed E-state index contributed by atoms with van der Waals surface area (Å²) in [6, 6.07) is 14.3. The number of halogens is 2. The summed E-state index contributed by atoms with van der Waals surface area (Å²) in [4.78, 5) is 8.81. The number of anilines is 1. The fourth-order valence-corrected chi connectivity index (χ4v) is 4.23. The van der Waals surface area contributed by atoms with Crippen molar-refractivity contribution in [3.63, 3.8) is 0 Å². The molecule has 2 atom stereocenters. The number of nitrogens with one attached hydrogen (secondary N) is 1. The van der Waals surface area contributed by atoms with E-state index < -0.39 is 0 Å². The van der Waals surface area contributed by atoms with E-state index in [0.717, 1.165) is 33.3 Å². The van der Waals surface area contributed by atoms with Crippen molar-refractivity contribution in [3.8, 4) is 11.5 Å². The summed E-state index contributed by atoms with van der Waals surface area (Å²) < 4.78 is 27.0. The predicted octanol–water partition coefficient (Wildman–Crippen LogP) is 6.17. The highest BCUT2D eigenvalue weighted by Crippen LogP contribution is 2.25. The molecule has 0 fully saturated rings. The molecule has 2 unspecified atom stereocenters.